The van der Waals surface area contributed by atoms with E-state index in [0.29, 0.717) is 6.54 Å². The standard InChI is InChI=1S/C21H32N2O5/c1-25-15-20(24)22-13-18-6-7-21(28-18)8-10-23(11-9-21)14-16-12-17(26-2)4-5-19(16)27-3/h4-5,12,18H,6-11,13-15H2,1-3H3,(H,22,24)/t18-/m0/s1. The summed E-state index contributed by atoms with van der Waals surface area (Å²) in [5.41, 5.74) is 1.11. The second-order valence-electron chi connectivity index (χ2n) is 7.65. The lowest BCUT2D eigenvalue weighted by atomic mass is 9.88. The van der Waals surface area contributed by atoms with Gasteiger partial charge in [0, 0.05) is 38.9 Å². The molecule has 0 radical (unpaired) electrons. The number of piperidine rings is 1. The Morgan fingerprint density at radius 3 is 2.68 bits per heavy atom. The van der Waals surface area contributed by atoms with Crippen LogP contribution in [0, 0.1) is 0 Å². The molecular weight excluding hydrogens is 360 g/mol. The van der Waals surface area contributed by atoms with Crippen molar-refractivity contribution in [2.24, 2.45) is 0 Å². The Kier molecular flexibility index (Phi) is 7.15. The minimum atomic E-state index is -0.0888. The Balaban J connectivity index is 1.49. The summed E-state index contributed by atoms with van der Waals surface area (Å²) in [7, 11) is 4.91. The van der Waals surface area contributed by atoms with E-state index in [2.05, 4.69) is 10.2 Å². The summed E-state index contributed by atoms with van der Waals surface area (Å²) in [6.07, 6.45) is 4.19. The van der Waals surface area contributed by atoms with Gasteiger partial charge in [-0.05, 0) is 43.9 Å². The first-order valence-electron chi connectivity index (χ1n) is 9.94. The van der Waals surface area contributed by atoms with E-state index >= 15 is 0 Å². The summed E-state index contributed by atoms with van der Waals surface area (Å²) in [4.78, 5) is 14.0. The van der Waals surface area contributed by atoms with Crippen LogP contribution in [-0.4, -0.2) is 70.1 Å². The monoisotopic (exact) mass is 392 g/mol. The largest absolute Gasteiger partial charge is 0.497 e. The maximum absolute atomic E-state index is 11.6. The summed E-state index contributed by atoms with van der Waals surface area (Å²) >= 11 is 0. The molecule has 0 saturated carbocycles. The van der Waals surface area contributed by atoms with Crippen molar-refractivity contribution in [3.05, 3.63) is 23.8 Å². The lowest BCUT2D eigenvalue weighted by Gasteiger charge is -2.39. The van der Waals surface area contributed by atoms with Gasteiger partial charge in [0.15, 0.2) is 0 Å². The summed E-state index contributed by atoms with van der Waals surface area (Å²) < 4.78 is 22.1. The molecule has 2 fully saturated rings. The van der Waals surface area contributed by atoms with Gasteiger partial charge in [-0.15, -0.1) is 0 Å². The number of rotatable bonds is 8. The van der Waals surface area contributed by atoms with Crippen molar-refractivity contribution in [2.45, 2.75) is 43.9 Å². The summed E-state index contributed by atoms with van der Waals surface area (Å²) in [6.45, 7) is 3.48. The van der Waals surface area contributed by atoms with Crippen molar-refractivity contribution in [2.75, 3.05) is 47.6 Å². The molecule has 0 aliphatic carbocycles. The van der Waals surface area contributed by atoms with Crippen molar-refractivity contribution in [3.8, 4) is 11.5 Å². The third-order valence-corrected chi connectivity index (χ3v) is 5.79. The number of nitrogens with zero attached hydrogens (tertiary/aromatic N) is 1. The van der Waals surface area contributed by atoms with Crippen molar-refractivity contribution in [3.63, 3.8) is 0 Å². The molecule has 1 N–H and O–H groups in total. The highest BCUT2D eigenvalue weighted by Crippen LogP contribution is 2.39. The molecule has 0 aromatic heterocycles. The molecule has 1 aromatic carbocycles. The maximum Gasteiger partial charge on any atom is 0.246 e. The van der Waals surface area contributed by atoms with Gasteiger partial charge in [-0.1, -0.05) is 0 Å². The fourth-order valence-electron chi connectivity index (χ4n) is 4.18. The van der Waals surface area contributed by atoms with Gasteiger partial charge in [-0.3, -0.25) is 9.69 Å². The van der Waals surface area contributed by atoms with E-state index in [0.717, 1.165) is 62.4 Å². The van der Waals surface area contributed by atoms with Gasteiger partial charge in [-0.2, -0.15) is 0 Å². The molecule has 0 unspecified atom stereocenters. The zero-order valence-electron chi connectivity index (χ0n) is 17.2. The Morgan fingerprint density at radius 2 is 2.00 bits per heavy atom. The van der Waals surface area contributed by atoms with Crippen LogP contribution in [0.3, 0.4) is 0 Å². The third kappa shape index (κ3) is 5.16. The molecule has 7 nitrogen and oxygen atoms in total. The second kappa shape index (κ2) is 9.58. The average molecular weight is 392 g/mol. The Bertz CT molecular complexity index is 658. The highest BCUT2D eigenvalue weighted by Gasteiger charge is 2.42. The zero-order valence-corrected chi connectivity index (χ0v) is 17.2. The number of benzene rings is 1. The molecule has 1 atom stereocenters. The Morgan fingerprint density at radius 1 is 1.21 bits per heavy atom. The van der Waals surface area contributed by atoms with Gasteiger partial charge < -0.3 is 24.3 Å². The van der Waals surface area contributed by atoms with Gasteiger partial charge >= 0.3 is 0 Å². The topological polar surface area (TPSA) is 69.3 Å². The number of methoxy groups -OCH3 is 3. The number of amides is 1. The fraction of sp³-hybridized carbons (Fsp3) is 0.667. The van der Waals surface area contributed by atoms with E-state index in [-0.39, 0.29) is 24.2 Å². The fourth-order valence-corrected chi connectivity index (χ4v) is 4.18. The van der Waals surface area contributed by atoms with Crippen LogP contribution in [0.2, 0.25) is 0 Å². The smallest absolute Gasteiger partial charge is 0.246 e. The third-order valence-electron chi connectivity index (χ3n) is 5.79. The molecule has 2 aliphatic heterocycles. The Labute approximate surface area is 167 Å². The number of likely N-dealkylation sites (tertiary alicyclic amines) is 1. The SMILES string of the molecule is COCC(=O)NC[C@@H]1CCC2(CCN(Cc3cc(OC)ccc3OC)CC2)O1. The van der Waals surface area contributed by atoms with Gasteiger partial charge in [0.05, 0.1) is 25.9 Å². The highest BCUT2D eigenvalue weighted by molar-refractivity contribution is 5.77. The lowest BCUT2D eigenvalue weighted by Crippen LogP contribution is -2.45. The molecule has 1 amide bonds. The van der Waals surface area contributed by atoms with Crippen LogP contribution in [0.4, 0.5) is 0 Å². The van der Waals surface area contributed by atoms with Crippen LogP contribution < -0.4 is 14.8 Å². The van der Waals surface area contributed by atoms with Gasteiger partial charge in [0.25, 0.3) is 0 Å². The first kappa shape index (κ1) is 20.9. The van der Waals surface area contributed by atoms with Crippen LogP contribution in [0.15, 0.2) is 18.2 Å². The van der Waals surface area contributed by atoms with Gasteiger partial charge in [0.2, 0.25) is 5.91 Å². The van der Waals surface area contributed by atoms with E-state index in [1.165, 1.54) is 7.11 Å². The summed E-state index contributed by atoms with van der Waals surface area (Å²) in [5.74, 6) is 1.65. The molecule has 2 aliphatic rings. The van der Waals surface area contributed by atoms with Crippen molar-refractivity contribution in [1.82, 2.24) is 10.2 Å². The molecule has 156 valence electrons. The van der Waals surface area contributed by atoms with Crippen LogP contribution in [0.1, 0.15) is 31.2 Å². The second-order valence-corrected chi connectivity index (χ2v) is 7.65. The van der Waals surface area contributed by atoms with Gasteiger partial charge in [-0.25, -0.2) is 0 Å². The summed E-state index contributed by atoms with van der Waals surface area (Å²) in [6, 6.07) is 5.93. The molecule has 0 bridgehead atoms. The predicted molar refractivity (Wildman–Crippen MR) is 106 cm³/mol. The molecule has 28 heavy (non-hydrogen) atoms. The zero-order chi connectivity index (χ0) is 20.0. The first-order valence-corrected chi connectivity index (χ1v) is 9.94. The van der Waals surface area contributed by atoms with E-state index in [4.69, 9.17) is 18.9 Å². The van der Waals surface area contributed by atoms with Gasteiger partial charge in [0.1, 0.15) is 18.1 Å². The van der Waals surface area contributed by atoms with Crippen LogP contribution in [0.5, 0.6) is 11.5 Å². The van der Waals surface area contributed by atoms with E-state index in [1.807, 2.05) is 18.2 Å². The number of carbonyl (C=O) groups excluding carboxylic acids is 1. The number of nitrogens with one attached hydrogen (secondary N) is 1. The maximum atomic E-state index is 11.6. The van der Waals surface area contributed by atoms with Crippen molar-refractivity contribution in [1.29, 1.82) is 0 Å². The average Bonchev–Trinajstić information content (AvgIpc) is 3.11. The Hall–Kier alpha value is -1.83. The van der Waals surface area contributed by atoms with Crippen LogP contribution >= 0.6 is 0 Å². The number of ether oxygens (including phenoxy) is 4. The molecule has 2 saturated heterocycles. The van der Waals surface area contributed by atoms with E-state index in [9.17, 15) is 4.79 Å². The van der Waals surface area contributed by atoms with E-state index in [1.54, 1.807) is 14.2 Å². The van der Waals surface area contributed by atoms with Crippen LogP contribution in [0.25, 0.3) is 0 Å². The normalized spacial score (nSPS) is 21.6. The minimum Gasteiger partial charge on any atom is -0.497 e. The molecule has 2 heterocycles. The summed E-state index contributed by atoms with van der Waals surface area (Å²) in [5, 5.41) is 2.89. The first-order chi connectivity index (χ1) is 13.6. The highest BCUT2D eigenvalue weighted by atomic mass is 16.5. The van der Waals surface area contributed by atoms with Crippen molar-refractivity contribution < 1.29 is 23.7 Å². The molecule has 1 spiro atoms. The molecule has 3 rings (SSSR count). The minimum absolute atomic E-state index is 0.0361. The predicted octanol–water partition coefficient (Wildman–Crippen LogP) is 1.98. The number of carbonyl (C=O) groups is 1. The molecular formula is C21H32N2O5. The molecule has 1 aromatic rings. The van der Waals surface area contributed by atoms with E-state index < -0.39 is 0 Å². The quantitative estimate of drug-likeness (QED) is 0.730. The molecule has 7 heteroatoms. The van der Waals surface area contributed by atoms with Crippen molar-refractivity contribution >= 4 is 5.91 Å². The lowest BCUT2D eigenvalue weighted by molar-refractivity contribution is -0.126. The number of hydrogen-bond donors (Lipinski definition) is 1. The number of hydrogen-bond acceptors (Lipinski definition) is 6. The van der Waals surface area contributed by atoms with Crippen LogP contribution in [-0.2, 0) is 20.8 Å².